The van der Waals surface area contributed by atoms with Crippen LogP contribution in [-0.2, 0) is 6.42 Å². The third-order valence-electron chi connectivity index (χ3n) is 3.28. The first-order chi connectivity index (χ1) is 9.54. The molecule has 0 unspecified atom stereocenters. The van der Waals surface area contributed by atoms with Crippen molar-refractivity contribution in [2.75, 3.05) is 11.4 Å². The maximum absolute atomic E-state index is 13.4. The quantitative estimate of drug-likeness (QED) is 0.859. The Bertz CT molecular complexity index is 702. The predicted molar refractivity (Wildman–Crippen MR) is 79.8 cm³/mol. The van der Waals surface area contributed by atoms with Crippen molar-refractivity contribution < 1.29 is 4.39 Å². The van der Waals surface area contributed by atoms with Crippen molar-refractivity contribution in [3.8, 4) is 0 Å². The third kappa shape index (κ3) is 2.22. The summed E-state index contributed by atoms with van der Waals surface area (Å²) in [4.78, 5) is 10.9. The average molecular weight is 288 g/mol. The molecule has 1 aliphatic heterocycles. The molecule has 2 aromatic rings. The van der Waals surface area contributed by atoms with Gasteiger partial charge in [0.25, 0.3) is 0 Å². The minimum Gasteiger partial charge on any atom is -0.388 e. The van der Waals surface area contributed by atoms with Crippen molar-refractivity contribution in [3.63, 3.8) is 0 Å². The second-order valence-corrected chi connectivity index (χ2v) is 5.17. The topological polar surface area (TPSA) is 55.0 Å². The Balaban J connectivity index is 2.08. The van der Waals surface area contributed by atoms with Crippen LogP contribution in [0.25, 0.3) is 0 Å². The standard InChI is InChI=1S/C14H13FN4S/c1-8-6-11(13(16)20)18-14(17-8)19-5-4-9-2-3-10(15)7-12(9)19/h2-3,6-7H,4-5H2,1H3,(H2,16,20). The van der Waals surface area contributed by atoms with E-state index in [1.165, 1.54) is 12.1 Å². The zero-order chi connectivity index (χ0) is 14.3. The predicted octanol–water partition coefficient (Wildman–Crippen LogP) is 2.25. The number of fused-ring (bicyclic) bond motifs is 1. The largest absolute Gasteiger partial charge is 0.388 e. The van der Waals surface area contributed by atoms with Gasteiger partial charge in [-0.05, 0) is 37.1 Å². The van der Waals surface area contributed by atoms with Crippen molar-refractivity contribution in [2.24, 2.45) is 5.73 Å². The number of nitrogens with zero attached hydrogens (tertiary/aromatic N) is 3. The van der Waals surface area contributed by atoms with Crippen LogP contribution in [0.2, 0.25) is 0 Å². The first-order valence-corrected chi connectivity index (χ1v) is 6.67. The van der Waals surface area contributed by atoms with E-state index < -0.39 is 0 Å². The molecule has 20 heavy (non-hydrogen) atoms. The average Bonchev–Trinajstić information content (AvgIpc) is 2.80. The van der Waals surface area contributed by atoms with Crippen molar-refractivity contribution in [1.29, 1.82) is 0 Å². The highest BCUT2D eigenvalue weighted by Crippen LogP contribution is 2.33. The molecule has 0 amide bonds. The molecule has 0 saturated heterocycles. The van der Waals surface area contributed by atoms with Crippen LogP contribution in [0, 0.1) is 12.7 Å². The van der Waals surface area contributed by atoms with Gasteiger partial charge in [-0.15, -0.1) is 0 Å². The summed E-state index contributed by atoms with van der Waals surface area (Å²) >= 11 is 4.96. The zero-order valence-corrected chi connectivity index (χ0v) is 11.7. The normalized spacial score (nSPS) is 13.4. The number of aromatic nitrogens is 2. The van der Waals surface area contributed by atoms with Gasteiger partial charge in [0.1, 0.15) is 16.5 Å². The van der Waals surface area contributed by atoms with Gasteiger partial charge < -0.3 is 10.6 Å². The first-order valence-electron chi connectivity index (χ1n) is 6.26. The minimum absolute atomic E-state index is 0.232. The lowest BCUT2D eigenvalue weighted by atomic mass is 10.2. The molecule has 0 fully saturated rings. The molecule has 0 aliphatic carbocycles. The third-order valence-corrected chi connectivity index (χ3v) is 3.49. The summed E-state index contributed by atoms with van der Waals surface area (Å²) in [5.41, 5.74) is 8.85. The van der Waals surface area contributed by atoms with E-state index in [0.717, 1.165) is 29.9 Å². The lowest BCUT2D eigenvalue weighted by Crippen LogP contribution is -2.20. The van der Waals surface area contributed by atoms with E-state index in [9.17, 15) is 4.39 Å². The molecular formula is C14H13FN4S. The Labute approximate surface area is 121 Å². The van der Waals surface area contributed by atoms with Crippen LogP contribution in [0.1, 0.15) is 17.0 Å². The monoisotopic (exact) mass is 288 g/mol. The number of nitrogens with two attached hydrogens (primary N) is 1. The number of halogens is 1. The van der Waals surface area contributed by atoms with Gasteiger partial charge in [-0.2, -0.15) is 0 Å². The second kappa shape index (κ2) is 4.79. The molecule has 6 heteroatoms. The van der Waals surface area contributed by atoms with Gasteiger partial charge in [0, 0.05) is 12.2 Å². The van der Waals surface area contributed by atoms with Gasteiger partial charge in [0.2, 0.25) is 5.95 Å². The number of rotatable bonds is 2. The van der Waals surface area contributed by atoms with Crippen molar-refractivity contribution in [3.05, 3.63) is 47.0 Å². The number of benzene rings is 1. The van der Waals surface area contributed by atoms with E-state index in [4.69, 9.17) is 18.0 Å². The molecule has 1 aliphatic rings. The zero-order valence-electron chi connectivity index (χ0n) is 10.9. The SMILES string of the molecule is Cc1cc(C(N)=S)nc(N2CCc3ccc(F)cc32)n1. The van der Waals surface area contributed by atoms with Gasteiger partial charge in [-0.3, -0.25) is 0 Å². The van der Waals surface area contributed by atoms with Gasteiger partial charge >= 0.3 is 0 Å². The van der Waals surface area contributed by atoms with E-state index in [1.54, 1.807) is 12.1 Å². The summed E-state index contributed by atoms with van der Waals surface area (Å²) in [5.74, 6) is 0.245. The fraction of sp³-hybridized carbons (Fsp3) is 0.214. The lowest BCUT2D eigenvalue weighted by Gasteiger charge is -2.18. The number of anilines is 2. The Kier molecular flexibility index (Phi) is 3.10. The van der Waals surface area contributed by atoms with Gasteiger partial charge in [-0.1, -0.05) is 18.3 Å². The Morgan fingerprint density at radius 2 is 2.15 bits per heavy atom. The molecule has 0 saturated carbocycles. The highest BCUT2D eigenvalue weighted by atomic mass is 32.1. The van der Waals surface area contributed by atoms with E-state index in [1.807, 2.05) is 11.8 Å². The fourth-order valence-electron chi connectivity index (χ4n) is 2.36. The molecule has 0 atom stereocenters. The molecule has 102 valence electrons. The molecule has 0 bridgehead atoms. The van der Waals surface area contributed by atoms with Gasteiger partial charge in [0.15, 0.2) is 0 Å². The fourth-order valence-corrected chi connectivity index (χ4v) is 2.46. The summed E-state index contributed by atoms with van der Waals surface area (Å²) in [6, 6.07) is 6.53. The number of hydrogen-bond acceptors (Lipinski definition) is 4. The Morgan fingerprint density at radius 1 is 1.35 bits per heavy atom. The van der Waals surface area contributed by atoms with Crippen molar-refractivity contribution >= 4 is 28.8 Å². The van der Waals surface area contributed by atoms with Gasteiger partial charge in [-0.25, -0.2) is 14.4 Å². The van der Waals surface area contributed by atoms with Crippen LogP contribution in [-0.4, -0.2) is 21.5 Å². The summed E-state index contributed by atoms with van der Waals surface area (Å²) in [6.45, 7) is 2.58. The number of hydrogen-bond donors (Lipinski definition) is 1. The molecule has 2 N–H and O–H groups in total. The summed E-state index contributed by atoms with van der Waals surface area (Å²) in [6.07, 6.45) is 0.843. The first kappa shape index (κ1) is 12.9. The van der Waals surface area contributed by atoms with Crippen molar-refractivity contribution in [1.82, 2.24) is 9.97 Å². The molecule has 4 nitrogen and oxygen atoms in total. The molecule has 0 spiro atoms. The number of aryl methyl sites for hydroxylation is 1. The van der Waals surface area contributed by atoms with Crippen LogP contribution >= 0.6 is 12.2 Å². The van der Waals surface area contributed by atoms with Crippen LogP contribution < -0.4 is 10.6 Å². The highest BCUT2D eigenvalue weighted by Gasteiger charge is 2.23. The highest BCUT2D eigenvalue weighted by molar-refractivity contribution is 7.80. The smallest absolute Gasteiger partial charge is 0.230 e. The molecule has 3 rings (SSSR count). The maximum Gasteiger partial charge on any atom is 0.230 e. The molecular weight excluding hydrogens is 275 g/mol. The maximum atomic E-state index is 13.4. The van der Waals surface area contributed by atoms with E-state index in [0.29, 0.717) is 11.6 Å². The Hall–Kier alpha value is -2.08. The minimum atomic E-state index is -0.266. The Morgan fingerprint density at radius 3 is 2.90 bits per heavy atom. The second-order valence-electron chi connectivity index (χ2n) is 4.73. The van der Waals surface area contributed by atoms with Crippen LogP contribution in [0.5, 0.6) is 0 Å². The molecule has 1 aromatic carbocycles. The van der Waals surface area contributed by atoms with Crippen LogP contribution in [0.4, 0.5) is 16.0 Å². The summed E-state index contributed by atoms with van der Waals surface area (Å²) in [7, 11) is 0. The molecule has 2 heterocycles. The lowest BCUT2D eigenvalue weighted by molar-refractivity contribution is 0.628. The van der Waals surface area contributed by atoms with Gasteiger partial charge in [0.05, 0.1) is 5.69 Å². The van der Waals surface area contributed by atoms with E-state index >= 15 is 0 Å². The molecule has 0 radical (unpaired) electrons. The van der Waals surface area contributed by atoms with E-state index in [-0.39, 0.29) is 10.8 Å². The van der Waals surface area contributed by atoms with Crippen molar-refractivity contribution in [2.45, 2.75) is 13.3 Å². The van der Waals surface area contributed by atoms with Crippen LogP contribution in [0.3, 0.4) is 0 Å². The van der Waals surface area contributed by atoms with Crippen LogP contribution in [0.15, 0.2) is 24.3 Å². The summed E-state index contributed by atoms with van der Waals surface area (Å²) < 4.78 is 13.4. The van der Waals surface area contributed by atoms with E-state index in [2.05, 4.69) is 9.97 Å². The molecule has 1 aromatic heterocycles. The number of thiocarbonyl (C=S) groups is 1. The summed E-state index contributed by atoms with van der Waals surface area (Å²) in [5, 5.41) is 0.